The zero-order valence-corrected chi connectivity index (χ0v) is 8.92. The van der Waals surface area contributed by atoms with E-state index in [4.69, 9.17) is 0 Å². The van der Waals surface area contributed by atoms with E-state index < -0.39 is 0 Å². The molecule has 0 saturated carbocycles. The van der Waals surface area contributed by atoms with E-state index in [9.17, 15) is 9.59 Å². The molecule has 0 bridgehead atoms. The van der Waals surface area contributed by atoms with E-state index in [1.54, 1.807) is 0 Å². The van der Waals surface area contributed by atoms with Gasteiger partial charge < -0.3 is 5.32 Å². The minimum absolute atomic E-state index is 0.00582. The largest absolute Gasteiger partial charge is 0.343 e. The third-order valence-electron chi connectivity index (χ3n) is 2.16. The molecule has 1 N–H and O–H groups in total. The Morgan fingerprint density at radius 3 is 2.67 bits per heavy atom. The zero-order chi connectivity index (χ0) is 10.7. The van der Waals surface area contributed by atoms with Crippen LogP contribution in [-0.4, -0.2) is 16.4 Å². The summed E-state index contributed by atoms with van der Waals surface area (Å²) < 4.78 is 0. The zero-order valence-electron chi connectivity index (χ0n) is 8.10. The second kappa shape index (κ2) is 4.49. The Hall–Kier alpha value is -1.29. The van der Waals surface area contributed by atoms with Crippen molar-refractivity contribution < 1.29 is 9.59 Å². The van der Waals surface area contributed by atoms with Gasteiger partial charge in [0.1, 0.15) is 0 Å². The lowest BCUT2D eigenvalue weighted by Crippen LogP contribution is -2.46. The molecule has 4 heteroatoms. The molecule has 0 unspecified atom stereocenters. The van der Waals surface area contributed by atoms with Crippen LogP contribution in [0, 0.1) is 0 Å². The third kappa shape index (κ3) is 2.83. The molecule has 1 aliphatic rings. The smallest absolute Gasteiger partial charge is 0.223 e. The van der Waals surface area contributed by atoms with E-state index >= 15 is 0 Å². The summed E-state index contributed by atoms with van der Waals surface area (Å²) in [7, 11) is 0. The highest BCUT2D eigenvalue weighted by Crippen LogP contribution is 2.21. The standard InChI is InChI=1S/C11H11NO2S/c13-9-7-10(12-9)15-11(14)6-8-4-2-1-3-5-8/h1-5,10H,6-7H2,(H,12,13)/t10-/m1/s1. The molecule has 2 rings (SSSR count). The van der Waals surface area contributed by atoms with E-state index in [1.165, 1.54) is 11.8 Å². The topological polar surface area (TPSA) is 46.2 Å². The highest BCUT2D eigenvalue weighted by molar-refractivity contribution is 8.14. The van der Waals surface area contributed by atoms with Crippen molar-refractivity contribution in [3.63, 3.8) is 0 Å². The molecule has 1 atom stereocenters. The van der Waals surface area contributed by atoms with Crippen molar-refractivity contribution in [2.45, 2.75) is 18.2 Å². The van der Waals surface area contributed by atoms with Gasteiger partial charge >= 0.3 is 0 Å². The van der Waals surface area contributed by atoms with Crippen molar-refractivity contribution >= 4 is 22.8 Å². The molecular formula is C11H11NO2S. The Morgan fingerprint density at radius 2 is 2.07 bits per heavy atom. The van der Waals surface area contributed by atoms with E-state index in [0.29, 0.717) is 12.8 Å². The average Bonchev–Trinajstić information content (AvgIpc) is 2.17. The Morgan fingerprint density at radius 1 is 1.40 bits per heavy atom. The second-order valence-electron chi connectivity index (χ2n) is 3.41. The van der Waals surface area contributed by atoms with Crippen LogP contribution in [0.25, 0.3) is 0 Å². The molecule has 1 heterocycles. The number of benzene rings is 1. The van der Waals surface area contributed by atoms with Crippen LogP contribution in [0.5, 0.6) is 0 Å². The van der Waals surface area contributed by atoms with Gasteiger partial charge in [0.25, 0.3) is 0 Å². The summed E-state index contributed by atoms with van der Waals surface area (Å²) in [5.74, 6) is 0.0278. The van der Waals surface area contributed by atoms with Crippen molar-refractivity contribution in [3.05, 3.63) is 35.9 Å². The Bertz CT molecular complexity index is 369. The van der Waals surface area contributed by atoms with Crippen molar-refractivity contribution in [1.29, 1.82) is 0 Å². The van der Waals surface area contributed by atoms with Crippen LogP contribution >= 0.6 is 11.8 Å². The number of amides is 1. The van der Waals surface area contributed by atoms with Crippen LogP contribution in [0.2, 0.25) is 0 Å². The highest BCUT2D eigenvalue weighted by Gasteiger charge is 2.27. The van der Waals surface area contributed by atoms with E-state index in [0.717, 1.165) is 5.56 Å². The lowest BCUT2D eigenvalue weighted by molar-refractivity contribution is -0.126. The summed E-state index contributed by atoms with van der Waals surface area (Å²) in [6.07, 6.45) is 0.892. The molecule has 1 fully saturated rings. The summed E-state index contributed by atoms with van der Waals surface area (Å²) in [6, 6.07) is 9.61. The summed E-state index contributed by atoms with van der Waals surface area (Å²) in [4.78, 5) is 22.1. The van der Waals surface area contributed by atoms with Crippen LogP contribution in [0.15, 0.2) is 30.3 Å². The van der Waals surface area contributed by atoms with Crippen LogP contribution in [0.3, 0.4) is 0 Å². The average molecular weight is 221 g/mol. The van der Waals surface area contributed by atoms with Crippen molar-refractivity contribution in [1.82, 2.24) is 5.32 Å². The van der Waals surface area contributed by atoms with Gasteiger partial charge in [-0.2, -0.15) is 0 Å². The first-order valence-corrected chi connectivity index (χ1v) is 5.65. The number of carbonyl (C=O) groups excluding carboxylic acids is 2. The fraction of sp³-hybridized carbons (Fsp3) is 0.273. The molecule has 1 aliphatic heterocycles. The molecule has 0 radical (unpaired) electrons. The molecule has 3 nitrogen and oxygen atoms in total. The number of nitrogens with one attached hydrogen (secondary N) is 1. The fourth-order valence-electron chi connectivity index (χ4n) is 1.36. The predicted octanol–water partition coefficient (Wildman–Crippen LogP) is 1.33. The number of carbonyl (C=O) groups is 2. The van der Waals surface area contributed by atoms with Gasteiger partial charge in [-0.15, -0.1) is 0 Å². The van der Waals surface area contributed by atoms with Gasteiger partial charge in [-0.05, 0) is 5.56 Å². The Balaban J connectivity index is 1.80. The molecule has 1 aromatic rings. The van der Waals surface area contributed by atoms with Crippen molar-refractivity contribution in [3.8, 4) is 0 Å². The lowest BCUT2D eigenvalue weighted by Gasteiger charge is -2.25. The molecule has 1 amide bonds. The van der Waals surface area contributed by atoms with Gasteiger partial charge in [-0.1, -0.05) is 42.1 Å². The number of thioether (sulfide) groups is 1. The number of β-lactam (4-membered cyclic amide) rings is 1. The molecule has 15 heavy (non-hydrogen) atoms. The summed E-state index contributed by atoms with van der Waals surface area (Å²) in [6.45, 7) is 0. The molecular weight excluding hydrogens is 210 g/mol. The Kier molecular flexibility index (Phi) is 3.06. The summed E-state index contributed by atoms with van der Waals surface area (Å²) in [5.41, 5.74) is 1.01. The maximum Gasteiger partial charge on any atom is 0.223 e. The normalized spacial score (nSPS) is 19.2. The number of rotatable bonds is 3. The monoisotopic (exact) mass is 221 g/mol. The van der Waals surface area contributed by atoms with Crippen LogP contribution in [-0.2, 0) is 16.0 Å². The first kappa shape index (κ1) is 10.2. The number of hydrogen-bond donors (Lipinski definition) is 1. The van der Waals surface area contributed by atoms with Crippen molar-refractivity contribution in [2.75, 3.05) is 0 Å². The fourth-order valence-corrected chi connectivity index (χ4v) is 2.35. The Labute approximate surface area is 92.2 Å². The third-order valence-corrected chi connectivity index (χ3v) is 3.13. The van der Waals surface area contributed by atoms with Crippen LogP contribution < -0.4 is 5.32 Å². The molecule has 0 spiro atoms. The second-order valence-corrected chi connectivity index (χ2v) is 4.67. The van der Waals surface area contributed by atoms with E-state index in [-0.39, 0.29) is 16.4 Å². The van der Waals surface area contributed by atoms with E-state index in [2.05, 4.69) is 5.32 Å². The van der Waals surface area contributed by atoms with Crippen molar-refractivity contribution in [2.24, 2.45) is 0 Å². The van der Waals surface area contributed by atoms with Gasteiger partial charge in [0.05, 0.1) is 11.8 Å². The maximum atomic E-state index is 11.5. The maximum absolute atomic E-state index is 11.5. The van der Waals surface area contributed by atoms with Gasteiger partial charge in [-0.25, -0.2) is 0 Å². The predicted molar refractivity (Wildman–Crippen MR) is 59.3 cm³/mol. The SMILES string of the molecule is O=C1C[C@@H](SC(=O)Cc2ccccc2)N1. The first-order valence-electron chi connectivity index (χ1n) is 4.77. The first-order chi connectivity index (χ1) is 7.24. The van der Waals surface area contributed by atoms with Gasteiger partial charge in [0, 0.05) is 6.42 Å². The summed E-state index contributed by atoms with van der Waals surface area (Å²) >= 11 is 1.21. The minimum Gasteiger partial charge on any atom is -0.343 e. The van der Waals surface area contributed by atoms with E-state index in [1.807, 2.05) is 30.3 Å². The molecule has 0 aliphatic carbocycles. The van der Waals surface area contributed by atoms with Crippen LogP contribution in [0.1, 0.15) is 12.0 Å². The quantitative estimate of drug-likeness (QED) is 0.783. The molecule has 1 aromatic carbocycles. The van der Waals surface area contributed by atoms with Gasteiger partial charge in [0.15, 0.2) is 5.12 Å². The van der Waals surface area contributed by atoms with Gasteiger partial charge in [0.2, 0.25) is 5.91 Å². The molecule has 1 saturated heterocycles. The van der Waals surface area contributed by atoms with Gasteiger partial charge in [-0.3, -0.25) is 9.59 Å². The molecule has 0 aromatic heterocycles. The van der Waals surface area contributed by atoms with Crippen LogP contribution in [0.4, 0.5) is 0 Å². The lowest BCUT2D eigenvalue weighted by atomic mass is 10.2. The molecule has 78 valence electrons. The minimum atomic E-state index is -0.00582. The summed E-state index contributed by atoms with van der Waals surface area (Å²) in [5, 5.41) is 2.76. The highest BCUT2D eigenvalue weighted by atomic mass is 32.2. The number of hydrogen-bond acceptors (Lipinski definition) is 3.